The van der Waals surface area contributed by atoms with Crippen molar-refractivity contribution in [1.29, 1.82) is 0 Å². The van der Waals surface area contributed by atoms with Crippen molar-refractivity contribution in [2.75, 3.05) is 5.32 Å². The Labute approximate surface area is 115 Å². The van der Waals surface area contributed by atoms with Crippen LogP contribution in [0.25, 0.3) is 0 Å². The predicted octanol–water partition coefficient (Wildman–Crippen LogP) is 5.35. The van der Waals surface area contributed by atoms with Crippen molar-refractivity contribution >= 4 is 17.3 Å². The van der Waals surface area contributed by atoms with Crippen molar-refractivity contribution in [1.82, 2.24) is 0 Å². The molecule has 0 radical (unpaired) electrons. The molecule has 1 aromatic rings. The van der Waals surface area contributed by atoms with E-state index in [0.29, 0.717) is 17.9 Å². The second-order valence-electron chi connectivity index (χ2n) is 5.73. The average Bonchev–Trinajstić information content (AvgIpc) is 2.21. The highest BCUT2D eigenvalue weighted by molar-refractivity contribution is 6.31. The molecule has 0 aromatic heterocycles. The summed E-state index contributed by atoms with van der Waals surface area (Å²) in [5, 5.41) is 3.63. The topological polar surface area (TPSA) is 12.0 Å². The lowest BCUT2D eigenvalue weighted by atomic mass is 9.95. The smallest absolute Gasteiger partial charge is 0.141 e. The molecule has 0 unspecified atom stereocenters. The third-order valence-corrected chi connectivity index (χ3v) is 3.09. The van der Waals surface area contributed by atoms with E-state index in [4.69, 9.17) is 11.6 Å². The van der Waals surface area contributed by atoms with Crippen LogP contribution in [-0.4, -0.2) is 6.04 Å². The summed E-state index contributed by atoms with van der Waals surface area (Å²) in [6.07, 6.45) is 2.21. The van der Waals surface area contributed by atoms with Gasteiger partial charge < -0.3 is 5.32 Å². The van der Waals surface area contributed by atoms with Crippen molar-refractivity contribution in [2.24, 2.45) is 11.8 Å². The molecule has 0 saturated heterocycles. The van der Waals surface area contributed by atoms with E-state index >= 15 is 0 Å². The van der Waals surface area contributed by atoms with Gasteiger partial charge in [-0.1, -0.05) is 39.3 Å². The lowest BCUT2D eigenvalue weighted by Gasteiger charge is -2.23. The molecule has 0 aliphatic rings. The van der Waals surface area contributed by atoms with Crippen LogP contribution in [-0.2, 0) is 0 Å². The van der Waals surface area contributed by atoms with Crippen molar-refractivity contribution in [3.63, 3.8) is 0 Å². The Hall–Kier alpha value is -0.760. The Morgan fingerprint density at radius 3 is 2.11 bits per heavy atom. The number of halogens is 2. The van der Waals surface area contributed by atoms with Gasteiger partial charge in [-0.15, -0.1) is 0 Å². The first-order valence-electron chi connectivity index (χ1n) is 6.60. The molecule has 1 nitrogen and oxygen atoms in total. The summed E-state index contributed by atoms with van der Waals surface area (Å²) >= 11 is 5.79. The Morgan fingerprint density at radius 2 is 1.67 bits per heavy atom. The van der Waals surface area contributed by atoms with Crippen LogP contribution >= 0.6 is 11.6 Å². The molecule has 0 spiro atoms. The number of benzene rings is 1. The predicted molar refractivity (Wildman–Crippen MR) is 77.7 cm³/mol. The molecule has 102 valence electrons. The molecule has 18 heavy (non-hydrogen) atoms. The molecule has 0 amide bonds. The van der Waals surface area contributed by atoms with Gasteiger partial charge in [0.25, 0.3) is 0 Å². The first-order chi connectivity index (χ1) is 8.38. The van der Waals surface area contributed by atoms with E-state index in [1.54, 1.807) is 12.1 Å². The zero-order valence-electron chi connectivity index (χ0n) is 11.6. The number of rotatable bonds is 6. The maximum Gasteiger partial charge on any atom is 0.141 e. The number of hydrogen-bond donors (Lipinski definition) is 1. The highest BCUT2D eigenvalue weighted by Crippen LogP contribution is 2.23. The monoisotopic (exact) mass is 271 g/mol. The Balaban J connectivity index is 2.71. The van der Waals surface area contributed by atoms with Gasteiger partial charge in [-0.25, -0.2) is 4.39 Å². The zero-order valence-corrected chi connectivity index (χ0v) is 12.4. The average molecular weight is 272 g/mol. The van der Waals surface area contributed by atoms with Crippen LogP contribution in [0.2, 0.25) is 5.02 Å². The second kappa shape index (κ2) is 6.98. The van der Waals surface area contributed by atoms with E-state index in [9.17, 15) is 4.39 Å². The van der Waals surface area contributed by atoms with Crippen molar-refractivity contribution in [2.45, 2.75) is 46.6 Å². The first-order valence-corrected chi connectivity index (χ1v) is 6.98. The zero-order chi connectivity index (χ0) is 13.7. The van der Waals surface area contributed by atoms with Crippen LogP contribution in [0.5, 0.6) is 0 Å². The molecule has 0 saturated carbocycles. The molecular formula is C15H23ClFN. The third-order valence-electron chi connectivity index (χ3n) is 2.80. The Bertz CT molecular complexity index is 367. The van der Waals surface area contributed by atoms with E-state index in [1.807, 2.05) is 0 Å². The van der Waals surface area contributed by atoms with Crippen LogP contribution in [0.3, 0.4) is 0 Å². The normalized spacial score (nSPS) is 11.6. The molecule has 0 bridgehead atoms. The van der Waals surface area contributed by atoms with E-state index in [1.165, 1.54) is 6.07 Å². The molecule has 1 N–H and O–H groups in total. The van der Waals surface area contributed by atoms with Crippen LogP contribution in [0.1, 0.15) is 40.5 Å². The summed E-state index contributed by atoms with van der Waals surface area (Å²) in [6, 6.07) is 5.22. The van der Waals surface area contributed by atoms with Gasteiger partial charge in [-0.05, 0) is 42.9 Å². The maximum atomic E-state index is 13.1. The molecular weight excluding hydrogens is 249 g/mol. The van der Waals surface area contributed by atoms with E-state index in [-0.39, 0.29) is 10.8 Å². The van der Waals surface area contributed by atoms with Gasteiger partial charge >= 0.3 is 0 Å². The first kappa shape index (κ1) is 15.3. The lowest BCUT2D eigenvalue weighted by Crippen LogP contribution is -2.23. The van der Waals surface area contributed by atoms with Crippen LogP contribution < -0.4 is 5.32 Å². The van der Waals surface area contributed by atoms with Crippen molar-refractivity contribution in [3.8, 4) is 0 Å². The highest BCUT2D eigenvalue weighted by Gasteiger charge is 2.13. The molecule has 3 heteroatoms. The van der Waals surface area contributed by atoms with Gasteiger partial charge in [0.05, 0.1) is 5.02 Å². The minimum atomic E-state index is -0.369. The minimum Gasteiger partial charge on any atom is -0.382 e. The van der Waals surface area contributed by atoms with Gasteiger partial charge in [0, 0.05) is 11.7 Å². The summed E-state index contributed by atoms with van der Waals surface area (Å²) in [5.41, 5.74) is 0.896. The van der Waals surface area contributed by atoms with Crippen molar-refractivity contribution in [3.05, 3.63) is 29.0 Å². The molecule has 0 aliphatic carbocycles. The standard InChI is InChI=1S/C15H23ClFN/c1-10(2)7-13(8-11(3)4)18-12-5-6-15(17)14(16)9-12/h5-6,9-11,13,18H,7-8H2,1-4H3. The van der Waals surface area contributed by atoms with Gasteiger partial charge in [0.2, 0.25) is 0 Å². The molecule has 0 fully saturated rings. The summed E-state index contributed by atoms with van der Waals surface area (Å²) in [6.45, 7) is 8.86. The lowest BCUT2D eigenvalue weighted by molar-refractivity contribution is 0.442. The molecule has 0 aliphatic heterocycles. The summed E-state index contributed by atoms with van der Waals surface area (Å²) in [7, 11) is 0. The largest absolute Gasteiger partial charge is 0.382 e. The van der Waals surface area contributed by atoms with E-state index in [2.05, 4.69) is 33.0 Å². The van der Waals surface area contributed by atoms with Gasteiger partial charge in [-0.3, -0.25) is 0 Å². The summed E-state index contributed by atoms with van der Waals surface area (Å²) in [4.78, 5) is 0. The fraction of sp³-hybridized carbons (Fsp3) is 0.600. The molecule has 0 heterocycles. The highest BCUT2D eigenvalue weighted by atomic mass is 35.5. The Kier molecular flexibility index (Phi) is 5.94. The number of nitrogens with one attached hydrogen (secondary N) is 1. The van der Waals surface area contributed by atoms with E-state index < -0.39 is 0 Å². The molecule has 1 aromatic carbocycles. The third kappa shape index (κ3) is 5.26. The quantitative estimate of drug-likeness (QED) is 0.735. The summed E-state index contributed by atoms with van der Waals surface area (Å²) < 4.78 is 13.1. The van der Waals surface area contributed by atoms with Crippen molar-refractivity contribution < 1.29 is 4.39 Å². The fourth-order valence-corrected chi connectivity index (χ4v) is 2.35. The molecule has 0 atom stereocenters. The van der Waals surface area contributed by atoms with Crippen LogP contribution in [0.4, 0.5) is 10.1 Å². The summed E-state index contributed by atoms with van der Waals surface area (Å²) in [5.74, 6) is 0.904. The minimum absolute atomic E-state index is 0.174. The second-order valence-corrected chi connectivity index (χ2v) is 6.14. The number of hydrogen-bond acceptors (Lipinski definition) is 1. The molecule has 1 rings (SSSR count). The van der Waals surface area contributed by atoms with Gasteiger partial charge in [0.1, 0.15) is 5.82 Å². The fourth-order valence-electron chi connectivity index (χ4n) is 2.17. The number of anilines is 1. The van der Waals surface area contributed by atoms with Gasteiger partial charge in [0.15, 0.2) is 0 Å². The van der Waals surface area contributed by atoms with E-state index in [0.717, 1.165) is 18.5 Å². The van der Waals surface area contributed by atoms with Crippen LogP contribution in [0.15, 0.2) is 18.2 Å². The SMILES string of the molecule is CC(C)CC(CC(C)C)Nc1ccc(F)c(Cl)c1. The van der Waals surface area contributed by atoms with Gasteiger partial charge in [-0.2, -0.15) is 0 Å². The maximum absolute atomic E-state index is 13.1. The van der Waals surface area contributed by atoms with Crippen LogP contribution in [0, 0.1) is 17.7 Å². The Morgan fingerprint density at radius 1 is 1.11 bits per heavy atom.